The molecule has 1 aromatic carbocycles. The Morgan fingerprint density at radius 1 is 1.23 bits per heavy atom. The summed E-state index contributed by atoms with van der Waals surface area (Å²) in [5, 5.41) is 14.8. The fraction of sp³-hybridized carbons (Fsp3) is 0.250. The molecule has 0 atom stereocenters. The number of benzene rings is 1. The fourth-order valence-corrected chi connectivity index (χ4v) is 3.59. The monoisotopic (exact) mass is 499 g/mol. The number of aromatic carboxylic acids is 1. The number of halogens is 2. The molecule has 3 aromatic rings. The number of hydrogen-bond donors (Lipinski definition) is 1. The molecule has 0 spiro atoms. The maximum absolute atomic E-state index is 14.7. The molecule has 0 fully saturated rings. The van der Waals surface area contributed by atoms with E-state index in [2.05, 4.69) is 15.3 Å². The lowest BCUT2D eigenvalue weighted by molar-refractivity contribution is -0.254. The van der Waals surface area contributed by atoms with E-state index < -0.39 is 23.5 Å². The number of carboxylic acid groups (broad SMARTS) is 1. The SMILES string of the molecule is CC(C)(C)OC(=O)N1CCOc2c(Nc3ccncc3C(=O)[O-])cc(-c3cc(Cl)ccc3F)nc21. The van der Waals surface area contributed by atoms with E-state index in [-0.39, 0.29) is 57.9 Å². The number of anilines is 3. The molecule has 35 heavy (non-hydrogen) atoms. The Kier molecular flexibility index (Phi) is 6.49. The molecule has 2 aromatic heterocycles. The Morgan fingerprint density at radius 2 is 2.00 bits per heavy atom. The largest absolute Gasteiger partial charge is 0.545 e. The van der Waals surface area contributed by atoms with Gasteiger partial charge in [-0.25, -0.2) is 14.2 Å². The molecule has 0 unspecified atom stereocenters. The summed E-state index contributed by atoms with van der Waals surface area (Å²) < 4.78 is 26.1. The number of nitrogens with one attached hydrogen (secondary N) is 1. The van der Waals surface area contributed by atoms with Crippen LogP contribution < -0.4 is 20.1 Å². The smallest absolute Gasteiger partial charge is 0.416 e. The van der Waals surface area contributed by atoms with Crippen LogP contribution in [0, 0.1) is 5.82 Å². The lowest BCUT2D eigenvalue weighted by Gasteiger charge is -2.32. The van der Waals surface area contributed by atoms with Crippen LogP contribution in [-0.2, 0) is 4.74 Å². The van der Waals surface area contributed by atoms with Gasteiger partial charge < -0.3 is 24.7 Å². The summed E-state index contributed by atoms with van der Waals surface area (Å²) in [5.74, 6) is -1.79. The standard InChI is InChI=1S/C24H22ClFN4O5/c1-24(2,3)35-23(33)30-8-9-34-20-19(28-17-6-7-27-12-15(17)22(31)32)11-18(29-21(20)30)14-10-13(25)4-5-16(14)26/h4-7,10-12H,8-9H2,1-3H3,(H,31,32)(H,27,28,29)/p-1. The number of amides is 1. The van der Waals surface area contributed by atoms with Gasteiger partial charge in [0.05, 0.1) is 29.6 Å². The summed E-state index contributed by atoms with van der Waals surface area (Å²) >= 11 is 6.09. The number of carbonyl (C=O) groups excluding carboxylic acids is 2. The van der Waals surface area contributed by atoms with Crippen molar-refractivity contribution in [2.75, 3.05) is 23.4 Å². The number of nitrogens with zero attached hydrogens (tertiary/aromatic N) is 3. The summed E-state index contributed by atoms with van der Waals surface area (Å²) in [5.41, 5.74) is -0.362. The van der Waals surface area contributed by atoms with Gasteiger partial charge in [0.25, 0.3) is 0 Å². The summed E-state index contributed by atoms with van der Waals surface area (Å²) in [6, 6.07) is 6.91. The molecule has 1 amide bonds. The molecule has 182 valence electrons. The molecular formula is C24H21ClFN4O5-. The summed E-state index contributed by atoms with van der Waals surface area (Å²) in [4.78, 5) is 34.1. The Hall–Kier alpha value is -3.92. The van der Waals surface area contributed by atoms with Gasteiger partial charge in [0, 0.05) is 28.5 Å². The molecule has 1 aliphatic rings. The Morgan fingerprint density at radius 3 is 2.71 bits per heavy atom. The third-order valence-corrected chi connectivity index (χ3v) is 5.14. The zero-order valence-corrected chi connectivity index (χ0v) is 19.9. The second-order valence-corrected chi connectivity index (χ2v) is 9.08. The minimum absolute atomic E-state index is 0.0768. The maximum Gasteiger partial charge on any atom is 0.416 e. The van der Waals surface area contributed by atoms with Crippen LogP contribution in [0.3, 0.4) is 0 Å². The van der Waals surface area contributed by atoms with E-state index in [9.17, 15) is 19.1 Å². The minimum atomic E-state index is -1.44. The quantitative estimate of drug-likeness (QED) is 0.568. The molecule has 0 saturated carbocycles. The summed E-state index contributed by atoms with van der Waals surface area (Å²) in [6.45, 7) is 5.45. The highest BCUT2D eigenvalue weighted by atomic mass is 35.5. The first-order valence-electron chi connectivity index (χ1n) is 10.6. The van der Waals surface area contributed by atoms with Crippen molar-refractivity contribution >= 4 is 40.9 Å². The van der Waals surface area contributed by atoms with Crippen molar-refractivity contribution < 1.29 is 28.6 Å². The van der Waals surface area contributed by atoms with Gasteiger partial charge >= 0.3 is 6.09 Å². The molecule has 0 radical (unpaired) electrons. The van der Waals surface area contributed by atoms with Crippen molar-refractivity contribution in [2.45, 2.75) is 26.4 Å². The first-order valence-corrected chi connectivity index (χ1v) is 11.0. The Labute approximate surface area is 205 Å². The summed E-state index contributed by atoms with van der Waals surface area (Å²) in [6.07, 6.45) is 1.87. The van der Waals surface area contributed by atoms with E-state index in [4.69, 9.17) is 21.1 Å². The van der Waals surface area contributed by atoms with Crippen LogP contribution in [-0.4, -0.2) is 40.8 Å². The van der Waals surface area contributed by atoms with Gasteiger partial charge in [0.1, 0.15) is 18.0 Å². The number of carboxylic acids is 1. The van der Waals surface area contributed by atoms with Gasteiger partial charge in [-0.1, -0.05) is 11.6 Å². The highest BCUT2D eigenvalue weighted by molar-refractivity contribution is 6.30. The number of ether oxygens (including phenoxy) is 2. The second kappa shape index (κ2) is 9.38. The van der Waals surface area contributed by atoms with E-state index in [1.54, 1.807) is 20.8 Å². The fourth-order valence-electron chi connectivity index (χ4n) is 3.42. The van der Waals surface area contributed by atoms with Gasteiger partial charge in [0.2, 0.25) is 0 Å². The molecule has 4 rings (SSSR count). The average molecular weight is 500 g/mol. The zero-order valence-electron chi connectivity index (χ0n) is 19.1. The van der Waals surface area contributed by atoms with Gasteiger partial charge in [-0.2, -0.15) is 0 Å². The molecule has 1 N–H and O–H groups in total. The van der Waals surface area contributed by atoms with Crippen LogP contribution in [0.1, 0.15) is 31.1 Å². The van der Waals surface area contributed by atoms with Crippen molar-refractivity contribution in [3.8, 4) is 17.0 Å². The molecular weight excluding hydrogens is 479 g/mol. The van der Waals surface area contributed by atoms with Crippen LogP contribution in [0.2, 0.25) is 5.02 Å². The minimum Gasteiger partial charge on any atom is -0.545 e. The van der Waals surface area contributed by atoms with E-state index in [0.29, 0.717) is 0 Å². The molecule has 9 nitrogen and oxygen atoms in total. The molecule has 1 aliphatic heterocycles. The first-order chi connectivity index (χ1) is 16.5. The topological polar surface area (TPSA) is 117 Å². The third-order valence-electron chi connectivity index (χ3n) is 4.90. The van der Waals surface area contributed by atoms with E-state index in [0.717, 1.165) is 6.20 Å². The van der Waals surface area contributed by atoms with Crippen molar-refractivity contribution in [1.29, 1.82) is 0 Å². The van der Waals surface area contributed by atoms with Crippen LogP contribution >= 0.6 is 11.6 Å². The van der Waals surface area contributed by atoms with E-state index >= 15 is 0 Å². The zero-order chi connectivity index (χ0) is 25.3. The van der Waals surface area contributed by atoms with Crippen LogP contribution in [0.15, 0.2) is 42.7 Å². The highest BCUT2D eigenvalue weighted by Crippen LogP contribution is 2.42. The predicted octanol–water partition coefficient (Wildman–Crippen LogP) is 4.18. The van der Waals surface area contributed by atoms with Gasteiger partial charge in [-0.3, -0.25) is 9.88 Å². The lowest BCUT2D eigenvalue weighted by Crippen LogP contribution is -2.42. The molecule has 0 bridgehead atoms. The van der Waals surface area contributed by atoms with Gasteiger partial charge in [-0.15, -0.1) is 0 Å². The van der Waals surface area contributed by atoms with Crippen molar-refractivity contribution in [1.82, 2.24) is 9.97 Å². The first kappa shape index (κ1) is 24.2. The van der Waals surface area contributed by atoms with E-state index in [1.807, 2.05) is 0 Å². The molecule has 0 saturated heterocycles. The number of fused-ring (bicyclic) bond motifs is 1. The predicted molar refractivity (Wildman–Crippen MR) is 126 cm³/mol. The van der Waals surface area contributed by atoms with Gasteiger partial charge in [0.15, 0.2) is 11.6 Å². The summed E-state index contributed by atoms with van der Waals surface area (Å²) in [7, 11) is 0. The van der Waals surface area contributed by atoms with E-state index in [1.165, 1.54) is 41.4 Å². The van der Waals surface area contributed by atoms with Crippen molar-refractivity contribution in [3.05, 3.63) is 59.1 Å². The average Bonchev–Trinajstić information content (AvgIpc) is 2.79. The molecule has 0 aliphatic carbocycles. The normalized spacial score (nSPS) is 13.0. The molecule has 3 heterocycles. The molecule has 11 heteroatoms. The van der Waals surface area contributed by atoms with Crippen LogP contribution in [0.4, 0.5) is 26.4 Å². The second-order valence-electron chi connectivity index (χ2n) is 8.65. The maximum atomic E-state index is 14.7. The number of carbonyl (C=O) groups is 2. The van der Waals surface area contributed by atoms with Crippen LogP contribution in [0.25, 0.3) is 11.3 Å². The Bertz CT molecular complexity index is 1310. The number of hydrogen-bond acceptors (Lipinski definition) is 8. The number of pyridine rings is 2. The highest BCUT2D eigenvalue weighted by Gasteiger charge is 2.32. The van der Waals surface area contributed by atoms with Crippen molar-refractivity contribution in [2.24, 2.45) is 0 Å². The number of aromatic nitrogens is 2. The lowest BCUT2D eigenvalue weighted by atomic mass is 10.1. The van der Waals surface area contributed by atoms with Crippen molar-refractivity contribution in [3.63, 3.8) is 0 Å². The van der Waals surface area contributed by atoms with Crippen LogP contribution in [0.5, 0.6) is 5.75 Å². The van der Waals surface area contributed by atoms with Gasteiger partial charge in [-0.05, 0) is 51.1 Å². The Balaban J connectivity index is 1.89. The number of rotatable bonds is 4. The third kappa shape index (κ3) is 5.27.